The molecule has 8 amide bonds. The number of aromatic nitrogens is 1. The molecule has 1 aromatic heterocycles. The lowest BCUT2D eigenvalue weighted by molar-refractivity contribution is -0.148. The number of benzene rings is 2. The second-order valence-electron chi connectivity index (χ2n) is 23.1. The fourth-order valence-electron chi connectivity index (χ4n) is 10.9. The van der Waals surface area contributed by atoms with Crippen molar-refractivity contribution >= 4 is 64.5 Å². The Morgan fingerprint density at radius 1 is 0.807 bits per heavy atom. The average molecular weight is 1180 g/mol. The van der Waals surface area contributed by atoms with Crippen LogP contribution in [0.4, 0.5) is 15.3 Å². The van der Waals surface area contributed by atoms with Gasteiger partial charge in [-0.2, -0.15) is 0 Å². The van der Waals surface area contributed by atoms with Crippen LogP contribution in [0.2, 0.25) is 0 Å². The lowest BCUT2D eigenvalue weighted by atomic mass is 9.89. The number of nitrogens with two attached hydrogens (primary N) is 2. The van der Waals surface area contributed by atoms with Gasteiger partial charge in [0.15, 0.2) is 5.78 Å². The van der Waals surface area contributed by atoms with Crippen LogP contribution in [0.3, 0.4) is 0 Å². The van der Waals surface area contributed by atoms with Crippen molar-refractivity contribution in [1.82, 2.24) is 35.6 Å². The van der Waals surface area contributed by atoms with Gasteiger partial charge in [-0.15, -0.1) is 11.3 Å². The van der Waals surface area contributed by atoms with Crippen molar-refractivity contribution in [3.63, 3.8) is 0 Å². The molecule has 1 aliphatic rings. The minimum atomic E-state index is -1.04. The third-order valence-corrected chi connectivity index (χ3v) is 16.9. The summed E-state index contributed by atoms with van der Waals surface area (Å²) >= 11 is 1.48. The molecule has 21 nitrogen and oxygen atoms in total. The number of hydrogen-bond acceptors (Lipinski definition) is 14. The molecule has 3 aromatic rings. The minimum absolute atomic E-state index is 0.0557. The number of Topliss-reactive ketones (excluding diaryl/α,β-unsaturated/α-hetero) is 1. The maximum atomic E-state index is 14.8. The lowest BCUT2D eigenvalue weighted by Crippen LogP contribution is -2.60. The number of thiazole rings is 1. The molecule has 83 heavy (non-hydrogen) atoms. The highest BCUT2D eigenvalue weighted by Crippen LogP contribution is 2.31. The number of urea groups is 1. The number of likely N-dealkylation sites (tertiary alicyclic amines) is 1. The van der Waals surface area contributed by atoms with Gasteiger partial charge in [0.1, 0.15) is 23.7 Å². The standard InChI is InChI=1S/C61H94N10O11S/c1-14-39(8)53(48(80-12)34-49(73)71-30-19-23-46(71)54(81-13)40(9)55(74)67-45(58-64-29-31-83-58)32-41-20-16-15-17-21-41)69(10)59(77)51(37(4)5)68-57(76)52(38(6)7)70(11)61(79)82-35-42-24-26-44(27-25-42)66-56(75)43(22-18-28-65-60(63)78)33-47(72)50(62)36(2)3/h15-17,20-21,24-27,29,31,36-40,43,45-46,48,50-54H,14,18-19,22-23,28,30,32-35,62H2,1-13H3,(H,66,75)(H,67,74)(H,68,76)(H3,63,65,78)/t39?,40-,43-,45+,46?,48-,50+,51+,52+,53+,54-/m1/s1. The first-order valence-corrected chi connectivity index (χ1v) is 30.0. The van der Waals surface area contributed by atoms with Crippen LogP contribution in [-0.4, -0.2) is 151 Å². The Kier molecular flexibility index (Phi) is 28.0. The van der Waals surface area contributed by atoms with Gasteiger partial charge in [0.25, 0.3) is 0 Å². The number of rotatable bonds is 33. The largest absolute Gasteiger partial charge is 0.445 e. The number of amides is 8. The monoisotopic (exact) mass is 1170 g/mol. The summed E-state index contributed by atoms with van der Waals surface area (Å²) in [4.78, 5) is 118. The number of nitrogens with one attached hydrogen (secondary N) is 4. The molecule has 0 aliphatic carbocycles. The molecule has 2 heterocycles. The van der Waals surface area contributed by atoms with Crippen LogP contribution in [0.1, 0.15) is 129 Å². The van der Waals surface area contributed by atoms with E-state index < -0.39 is 84.1 Å². The second kappa shape index (κ2) is 33.7. The highest BCUT2D eigenvalue weighted by molar-refractivity contribution is 7.09. The van der Waals surface area contributed by atoms with Crippen molar-refractivity contribution in [2.24, 2.45) is 47.0 Å². The van der Waals surface area contributed by atoms with Gasteiger partial charge >= 0.3 is 12.1 Å². The molecule has 2 aromatic carbocycles. The maximum Gasteiger partial charge on any atom is 0.410 e. The van der Waals surface area contributed by atoms with Crippen molar-refractivity contribution < 1.29 is 52.6 Å². The summed E-state index contributed by atoms with van der Waals surface area (Å²) in [5.41, 5.74) is 13.4. The first-order valence-electron chi connectivity index (χ1n) is 29.1. The number of methoxy groups -OCH3 is 2. The zero-order chi connectivity index (χ0) is 61.7. The van der Waals surface area contributed by atoms with Gasteiger partial charge in [-0.05, 0) is 79.0 Å². The van der Waals surface area contributed by atoms with E-state index in [0.29, 0.717) is 56.3 Å². The summed E-state index contributed by atoms with van der Waals surface area (Å²) in [6.45, 7) is 17.2. The number of carbonyl (C=O) groups is 8. The Balaban J connectivity index is 1.41. The lowest BCUT2D eigenvalue weighted by Gasteiger charge is -2.41. The first kappa shape index (κ1) is 69.0. The molecule has 4 rings (SSSR count). The van der Waals surface area contributed by atoms with Crippen molar-refractivity contribution in [2.45, 2.75) is 169 Å². The minimum Gasteiger partial charge on any atom is -0.445 e. The molecule has 1 saturated heterocycles. The number of primary amides is 1. The van der Waals surface area contributed by atoms with Crippen LogP contribution in [0, 0.1) is 35.5 Å². The molecule has 0 bridgehead atoms. The van der Waals surface area contributed by atoms with Crippen LogP contribution in [0.15, 0.2) is 66.2 Å². The molecular formula is C61H94N10O11S. The number of carbonyl (C=O) groups excluding carboxylic acids is 8. The van der Waals surface area contributed by atoms with E-state index in [1.54, 1.807) is 68.3 Å². The Bertz CT molecular complexity index is 2550. The summed E-state index contributed by atoms with van der Waals surface area (Å²) in [6.07, 6.45) is 2.72. The molecule has 0 radical (unpaired) electrons. The zero-order valence-electron chi connectivity index (χ0n) is 51.1. The van der Waals surface area contributed by atoms with Gasteiger partial charge < -0.3 is 56.7 Å². The highest BCUT2D eigenvalue weighted by atomic mass is 32.1. The maximum absolute atomic E-state index is 14.8. The van der Waals surface area contributed by atoms with E-state index in [2.05, 4.69) is 26.3 Å². The molecule has 8 N–H and O–H groups in total. The van der Waals surface area contributed by atoms with Gasteiger partial charge in [-0.25, -0.2) is 14.6 Å². The van der Waals surface area contributed by atoms with E-state index in [1.165, 1.54) is 30.4 Å². The Morgan fingerprint density at radius 3 is 2.05 bits per heavy atom. The molecule has 0 spiro atoms. The normalized spacial score (nSPS) is 17.0. The molecule has 1 aliphatic heterocycles. The van der Waals surface area contributed by atoms with Gasteiger partial charge in [-0.1, -0.05) is 111 Å². The molecule has 22 heteroatoms. The number of nitrogens with zero attached hydrogens (tertiary/aromatic N) is 4. The Morgan fingerprint density at radius 2 is 1.48 bits per heavy atom. The van der Waals surface area contributed by atoms with Gasteiger partial charge in [-0.3, -0.25) is 33.7 Å². The van der Waals surface area contributed by atoms with Crippen molar-refractivity contribution in [3.8, 4) is 0 Å². The van der Waals surface area contributed by atoms with E-state index in [1.807, 2.05) is 84.2 Å². The fraction of sp³-hybridized carbons (Fsp3) is 0.623. The van der Waals surface area contributed by atoms with Crippen LogP contribution >= 0.6 is 11.3 Å². The molecule has 1 fully saturated rings. The Labute approximate surface area is 495 Å². The van der Waals surface area contributed by atoms with E-state index in [9.17, 15) is 38.4 Å². The van der Waals surface area contributed by atoms with Crippen molar-refractivity contribution in [2.75, 3.05) is 46.7 Å². The van der Waals surface area contributed by atoms with Gasteiger partial charge in [0.05, 0.1) is 48.7 Å². The third kappa shape index (κ3) is 20.1. The second-order valence-corrected chi connectivity index (χ2v) is 24.0. The van der Waals surface area contributed by atoms with Crippen LogP contribution in [-0.2, 0) is 56.0 Å². The molecule has 0 saturated carbocycles. The van der Waals surface area contributed by atoms with Crippen molar-refractivity contribution in [3.05, 3.63) is 82.3 Å². The highest BCUT2D eigenvalue weighted by Gasteiger charge is 2.44. The predicted molar refractivity (Wildman–Crippen MR) is 320 cm³/mol. The summed E-state index contributed by atoms with van der Waals surface area (Å²) < 4.78 is 17.9. The van der Waals surface area contributed by atoms with E-state index in [4.69, 9.17) is 25.7 Å². The number of likely N-dealkylation sites (N-methyl/N-ethyl adjacent to an activating group) is 2. The van der Waals surface area contributed by atoms with E-state index in [0.717, 1.165) is 10.6 Å². The SMILES string of the molecule is CCC(C)[C@@H]([C@@H](CC(=O)N1CCCC1[C@H](OC)[C@@H](C)C(=O)N[C@@H](Cc1ccccc1)c1nccs1)OC)N(C)C(=O)[C@@H](NC(=O)[C@H](C(C)C)N(C)C(=O)OCc1ccc(NC(=O)[C@H](CCCNC(N)=O)CC(=O)[C@@H](N)C(C)C)cc1)C(C)C. The molecular weight excluding hydrogens is 1080 g/mol. The molecule has 2 unspecified atom stereocenters. The predicted octanol–water partition coefficient (Wildman–Crippen LogP) is 6.84. The van der Waals surface area contributed by atoms with Gasteiger partial charge in [0, 0.05) is 71.0 Å². The fourth-order valence-corrected chi connectivity index (χ4v) is 11.6. The van der Waals surface area contributed by atoms with E-state index in [-0.39, 0.29) is 73.3 Å². The molecule has 11 atom stereocenters. The van der Waals surface area contributed by atoms with E-state index >= 15 is 0 Å². The Hall–Kier alpha value is -6.49. The first-order chi connectivity index (χ1) is 39.3. The number of hydrogen-bond donors (Lipinski definition) is 6. The van der Waals surface area contributed by atoms with Crippen LogP contribution < -0.4 is 32.7 Å². The van der Waals surface area contributed by atoms with Crippen LogP contribution in [0.5, 0.6) is 0 Å². The van der Waals surface area contributed by atoms with Crippen molar-refractivity contribution in [1.29, 1.82) is 0 Å². The molecule has 460 valence electrons. The summed E-state index contributed by atoms with van der Waals surface area (Å²) in [7, 11) is 6.21. The van der Waals surface area contributed by atoms with Crippen LogP contribution in [0.25, 0.3) is 0 Å². The number of anilines is 1. The summed E-state index contributed by atoms with van der Waals surface area (Å²) in [5, 5.41) is 14.2. The smallest absolute Gasteiger partial charge is 0.410 e. The quantitative estimate of drug-likeness (QED) is 0.0341. The number of ketones is 1. The average Bonchev–Trinajstić information content (AvgIpc) is 4.39. The zero-order valence-corrected chi connectivity index (χ0v) is 51.9. The third-order valence-electron chi connectivity index (χ3n) is 16.0. The van der Waals surface area contributed by atoms with Gasteiger partial charge in [0.2, 0.25) is 29.5 Å². The summed E-state index contributed by atoms with van der Waals surface area (Å²) in [6, 6.07) is 11.7. The summed E-state index contributed by atoms with van der Waals surface area (Å²) in [5.74, 6) is -4.36. The topological polar surface area (TPSA) is 287 Å². The number of ether oxygens (including phenoxy) is 3.